The molecule has 2 rings (SSSR count). The molecule has 0 aliphatic rings. The molecule has 0 atom stereocenters. The van der Waals surface area contributed by atoms with Gasteiger partial charge in [-0.15, -0.1) is 0 Å². The Morgan fingerprint density at radius 3 is 1.04 bits per heavy atom. The average molecular weight is 424 g/mol. The molecule has 0 N–H and O–H groups in total. The van der Waals surface area contributed by atoms with Gasteiger partial charge in [0.25, 0.3) is 0 Å². The zero-order chi connectivity index (χ0) is 20.8. The van der Waals surface area contributed by atoms with E-state index in [-0.39, 0.29) is 24.4 Å². The summed E-state index contributed by atoms with van der Waals surface area (Å²) in [5.41, 5.74) is 0. The van der Waals surface area contributed by atoms with Crippen LogP contribution in [0, 0.1) is 0 Å². The smallest absolute Gasteiger partial charge is 0.206 e. The zero-order valence-corrected chi connectivity index (χ0v) is 20.1. The van der Waals surface area contributed by atoms with Crippen LogP contribution in [-0.2, 0) is 18.1 Å². The molecule has 0 unspecified atom stereocenters. The van der Waals surface area contributed by atoms with E-state index in [0.717, 1.165) is 21.4 Å². The molecular formula is C22H34O4P2. The fraction of sp³-hybridized carbons (Fsp3) is 0.545. The molecule has 0 aliphatic heterocycles. The molecule has 2 aromatic rings. The van der Waals surface area contributed by atoms with Crippen LogP contribution in [0.1, 0.15) is 55.4 Å². The van der Waals surface area contributed by atoms with Gasteiger partial charge in [-0.25, -0.2) is 0 Å². The first-order valence-corrected chi connectivity index (χ1v) is 12.3. The fourth-order valence-electron chi connectivity index (χ4n) is 2.64. The molecule has 0 amide bonds. The Kier molecular flexibility index (Phi) is 9.28. The predicted octanol–water partition coefficient (Wildman–Crippen LogP) is 6.41. The van der Waals surface area contributed by atoms with E-state index in [1.165, 1.54) is 0 Å². The van der Waals surface area contributed by atoms with Gasteiger partial charge in [0.05, 0.1) is 24.4 Å². The van der Waals surface area contributed by atoms with Crippen molar-refractivity contribution in [2.45, 2.75) is 79.8 Å². The molecular weight excluding hydrogens is 390 g/mol. The lowest BCUT2D eigenvalue weighted by Gasteiger charge is -2.25. The van der Waals surface area contributed by atoms with E-state index < -0.39 is 16.8 Å². The minimum absolute atomic E-state index is 0.0916. The molecule has 0 saturated carbocycles. The van der Waals surface area contributed by atoms with E-state index in [2.05, 4.69) is 36.4 Å². The summed E-state index contributed by atoms with van der Waals surface area (Å²) < 4.78 is 24.7. The summed E-state index contributed by atoms with van der Waals surface area (Å²) in [6.07, 6.45) is 0.367. The average Bonchev–Trinajstić information content (AvgIpc) is 2.58. The molecule has 0 aliphatic carbocycles. The van der Waals surface area contributed by atoms with E-state index in [9.17, 15) is 0 Å². The Morgan fingerprint density at radius 2 is 0.786 bits per heavy atom. The third-order valence-corrected chi connectivity index (χ3v) is 7.51. The van der Waals surface area contributed by atoms with Crippen molar-refractivity contribution in [3.8, 4) is 0 Å². The Labute approximate surface area is 172 Å². The van der Waals surface area contributed by atoms with Crippen molar-refractivity contribution in [1.29, 1.82) is 0 Å². The van der Waals surface area contributed by atoms with Gasteiger partial charge in [0.2, 0.25) is 16.8 Å². The second-order valence-corrected chi connectivity index (χ2v) is 10.6. The van der Waals surface area contributed by atoms with Crippen molar-refractivity contribution in [3.63, 3.8) is 0 Å². The lowest BCUT2D eigenvalue weighted by Crippen LogP contribution is -2.17. The summed E-state index contributed by atoms with van der Waals surface area (Å²) in [6, 6.07) is 12.6. The lowest BCUT2D eigenvalue weighted by molar-refractivity contribution is 0.183. The molecule has 6 heteroatoms. The van der Waals surface area contributed by atoms with Crippen molar-refractivity contribution in [2.24, 2.45) is 0 Å². The summed E-state index contributed by atoms with van der Waals surface area (Å²) >= 11 is 0. The van der Waals surface area contributed by atoms with Crippen LogP contribution >= 0.6 is 16.8 Å². The van der Waals surface area contributed by atoms with E-state index in [0.29, 0.717) is 0 Å². The number of hydrogen-bond donors (Lipinski definition) is 0. The Hall–Kier alpha value is -0.600. The molecule has 0 saturated heterocycles. The zero-order valence-electron chi connectivity index (χ0n) is 18.3. The van der Waals surface area contributed by atoms with Gasteiger partial charge in [0, 0.05) is 10.6 Å². The van der Waals surface area contributed by atoms with Crippen molar-refractivity contribution in [3.05, 3.63) is 36.4 Å². The van der Waals surface area contributed by atoms with Gasteiger partial charge in [-0.3, -0.25) is 0 Å². The number of fused-ring (bicyclic) bond motifs is 1. The third-order valence-electron chi connectivity index (χ3n) is 3.50. The van der Waals surface area contributed by atoms with E-state index in [4.69, 9.17) is 18.1 Å². The standard InChI is InChI=1S/C22H34O4P2/c1-15(2)23-27(24-16(3)4)21-13-9-12-20-19(21)11-10-14-22(20)28(25-17(5)6)26-18(7)8/h9-18H,1-8H3. The van der Waals surface area contributed by atoms with E-state index in [1.54, 1.807) is 0 Å². The van der Waals surface area contributed by atoms with Gasteiger partial charge < -0.3 is 18.1 Å². The summed E-state index contributed by atoms with van der Waals surface area (Å²) in [4.78, 5) is 0. The Bertz CT molecular complexity index is 663. The molecule has 28 heavy (non-hydrogen) atoms. The van der Waals surface area contributed by atoms with Gasteiger partial charge in [0.15, 0.2) is 0 Å². The van der Waals surface area contributed by atoms with Crippen molar-refractivity contribution >= 4 is 38.1 Å². The van der Waals surface area contributed by atoms with Crippen molar-refractivity contribution in [2.75, 3.05) is 0 Å². The highest BCUT2D eigenvalue weighted by atomic mass is 31.2. The SMILES string of the molecule is CC(C)OP(OC(C)C)c1cccc2c(P(OC(C)C)OC(C)C)cccc12. The summed E-state index contributed by atoms with van der Waals surface area (Å²) in [7, 11) is -2.35. The van der Waals surface area contributed by atoms with Gasteiger partial charge in [0.1, 0.15) is 0 Å². The Balaban J connectivity index is 2.55. The van der Waals surface area contributed by atoms with Gasteiger partial charge >= 0.3 is 0 Å². The minimum atomic E-state index is -1.17. The molecule has 2 aromatic carbocycles. The molecule has 0 radical (unpaired) electrons. The molecule has 0 aromatic heterocycles. The van der Waals surface area contributed by atoms with Crippen molar-refractivity contribution < 1.29 is 18.1 Å². The van der Waals surface area contributed by atoms with Crippen LogP contribution in [0.4, 0.5) is 0 Å². The minimum Gasteiger partial charge on any atom is -0.328 e. The summed E-state index contributed by atoms with van der Waals surface area (Å²) in [6.45, 7) is 16.3. The van der Waals surface area contributed by atoms with Crippen LogP contribution in [0.2, 0.25) is 0 Å². The highest BCUT2D eigenvalue weighted by Gasteiger charge is 2.24. The number of hydrogen-bond acceptors (Lipinski definition) is 4. The highest BCUT2D eigenvalue weighted by molar-refractivity contribution is 7.57. The van der Waals surface area contributed by atoms with Gasteiger partial charge in [-0.05, 0) is 78.3 Å². The third kappa shape index (κ3) is 6.73. The van der Waals surface area contributed by atoms with Crippen LogP contribution in [0.5, 0.6) is 0 Å². The largest absolute Gasteiger partial charge is 0.328 e. The first-order valence-electron chi connectivity index (χ1n) is 9.98. The number of benzene rings is 2. The van der Waals surface area contributed by atoms with Crippen LogP contribution in [0.25, 0.3) is 10.8 Å². The van der Waals surface area contributed by atoms with Crippen LogP contribution in [-0.4, -0.2) is 24.4 Å². The predicted molar refractivity (Wildman–Crippen MR) is 122 cm³/mol. The maximum absolute atomic E-state index is 6.17. The lowest BCUT2D eigenvalue weighted by atomic mass is 10.1. The highest BCUT2D eigenvalue weighted by Crippen LogP contribution is 2.45. The first kappa shape index (κ1) is 23.7. The summed E-state index contributed by atoms with van der Waals surface area (Å²) in [5.74, 6) is 0. The molecule has 4 nitrogen and oxygen atoms in total. The normalized spacial score (nSPS) is 12.6. The maximum atomic E-state index is 6.17. The molecule has 156 valence electrons. The Morgan fingerprint density at radius 1 is 0.500 bits per heavy atom. The first-order chi connectivity index (χ1) is 13.2. The maximum Gasteiger partial charge on any atom is 0.206 e. The van der Waals surface area contributed by atoms with Gasteiger partial charge in [-0.1, -0.05) is 24.3 Å². The second kappa shape index (κ2) is 11.0. The molecule has 0 heterocycles. The molecule has 0 fully saturated rings. The fourth-order valence-corrected chi connectivity index (χ4v) is 5.92. The van der Waals surface area contributed by atoms with Gasteiger partial charge in [-0.2, -0.15) is 0 Å². The van der Waals surface area contributed by atoms with Crippen LogP contribution in [0.15, 0.2) is 36.4 Å². The monoisotopic (exact) mass is 424 g/mol. The van der Waals surface area contributed by atoms with Crippen LogP contribution in [0.3, 0.4) is 0 Å². The van der Waals surface area contributed by atoms with Crippen molar-refractivity contribution in [1.82, 2.24) is 0 Å². The molecule has 0 spiro atoms. The topological polar surface area (TPSA) is 36.9 Å². The number of rotatable bonds is 10. The van der Waals surface area contributed by atoms with E-state index >= 15 is 0 Å². The summed E-state index contributed by atoms with van der Waals surface area (Å²) in [5, 5.41) is 4.47. The second-order valence-electron chi connectivity index (χ2n) is 7.78. The molecule has 0 bridgehead atoms. The van der Waals surface area contributed by atoms with E-state index in [1.807, 2.05) is 55.4 Å². The van der Waals surface area contributed by atoms with Crippen LogP contribution < -0.4 is 10.6 Å². The quantitative estimate of drug-likeness (QED) is 0.413.